The second-order valence-electron chi connectivity index (χ2n) is 4.56. The van der Waals surface area contributed by atoms with Crippen LogP contribution in [0.25, 0.3) is 10.2 Å². The Morgan fingerprint density at radius 2 is 1.85 bits per heavy atom. The molecular weight excluding hydrogens is 329 g/mol. The molecule has 1 heterocycles. The van der Waals surface area contributed by atoms with Gasteiger partial charge in [-0.25, -0.2) is 4.98 Å². The minimum atomic E-state index is 0.746. The largest absolute Gasteiger partial charge is 0.229 e. The number of halogens is 2. The third-order valence-electron chi connectivity index (χ3n) is 2.98. The van der Waals surface area contributed by atoms with Gasteiger partial charge < -0.3 is 0 Å². The fraction of sp³-hybridized carbons (Fsp3) is 0.133. The summed E-state index contributed by atoms with van der Waals surface area (Å²) in [6.45, 7) is 4.09. The first-order valence-electron chi connectivity index (χ1n) is 6.03. The van der Waals surface area contributed by atoms with Crippen molar-refractivity contribution in [2.45, 2.75) is 23.1 Å². The SMILES string of the molecule is Cc1cc(Sc2nc3ccc(Cl)cc3s2)c(C)cc1Cl. The Morgan fingerprint density at radius 1 is 1.05 bits per heavy atom. The maximum atomic E-state index is 6.13. The van der Waals surface area contributed by atoms with Crippen molar-refractivity contribution >= 4 is 56.5 Å². The Bertz CT molecular complexity index is 796. The molecule has 5 heteroatoms. The van der Waals surface area contributed by atoms with Gasteiger partial charge in [-0.05, 0) is 55.3 Å². The number of hydrogen-bond acceptors (Lipinski definition) is 3. The van der Waals surface area contributed by atoms with Crippen molar-refractivity contribution < 1.29 is 0 Å². The Kier molecular flexibility index (Phi) is 3.95. The lowest BCUT2D eigenvalue weighted by Gasteiger charge is -2.06. The molecule has 1 aromatic heterocycles. The molecule has 0 aliphatic carbocycles. The standard InChI is InChI=1S/C15H11Cl2NS2/c1-8-6-13(9(2)5-11(8)17)19-15-18-12-4-3-10(16)7-14(12)20-15/h3-7H,1-2H3. The van der Waals surface area contributed by atoms with Crippen LogP contribution in [0.4, 0.5) is 0 Å². The molecule has 3 rings (SSSR count). The number of benzene rings is 2. The van der Waals surface area contributed by atoms with Crippen molar-refractivity contribution in [3.8, 4) is 0 Å². The minimum Gasteiger partial charge on any atom is -0.229 e. The number of fused-ring (bicyclic) bond motifs is 1. The molecule has 102 valence electrons. The molecule has 0 saturated heterocycles. The highest BCUT2D eigenvalue weighted by Gasteiger charge is 2.09. The summed E-state index contributed by atoms with van der Waals surface area (Å²) in [5, 5.41) is 1.55. The van der Waals surface area contributed by atoms with E-state index in [1.54, 1.807) is 23.1 Å². The summed E-state index contributed by atoms with van der Waals surface area (Å²) >= 11 is 15.5. The van der Waals surface area contributed by atoms with Crippen LogP contribution in [-0.4, -0.2) is 4.98 Å². The summed E-state index contributed by atoms with van der Waals surface area (Å²) in [6, 6.07) is 9.90. The summed E-state index contributed by atoms with van der Waals surface area (Å²) in [7, 11) is 0. The van der Waals surface area contributed by atoms with E-state index < -0.39 is 0 Å². The summed E-state index contributed by atoms with van der Waals surface area (Å²) in [5.41, 5.74) is 3.25. The van der Waals surface area contributed by atoms with Gasteiger partial charge in [-0.2, -0.15) is 0 Å². The van der Waals surface area contributed by atoms with Gasteiger partial charge in [0.15, 0.2) is 4.34 Å². The van der Waals surface area contributed by atoms with Crippen LogP contribution >= 0.6 is 46.3 Å². The highest BCUT2D eigenvalue weighted by Crippen LogP contribution is 2.38. The lowest BCUT2D eigenvalue weighted by Crippen LogP contribution is -1.83. The molecule has 0 unspecified atom stereocenters. The normalized spacial score (nSPS) is 11.2. The van der Waals surface area contributed by atoms with Crippen LogP contribution < -0.4 is 0 Å². The molecule has 2 aromatic carbocycles. The summed E-state index contributed by atoms with van der Waals surface area (Å²) in [6.07, 6.45) is 0. The first-order valence-corrected chi connectivity index (χ1v) is 8.42. The Balaban J connectivity index is 1.99. The van der Waals surface area contributed by atoms with E-state index >= 15 is 0 Å². The van der Waals surface area contributed by atoms with Gasteiger partial charge in [0.1, 0.15) is 0 Å². The van der Waals surface area contributed by atoms with Crippen LogP contribution in [0.1, 0.15) is 11.1 Å². The molecule has 0 aliphatic heterocycles. The second-order valence-corrected chi connectivity index (χ2v) is 7.72. The number of aryl methyl sites for hydroxylation is 2. The first-order chi connectivity index (χ1) is 9.52. The summed E-state index contributed by atoms with van der Waals surface area (Å²) in [5.74, 6) is 0. The molecule has 0 fully saturated rings. The Labute approximate surface area is 135 Å². The Morgan fingerprint density at radius 3 is 2.65 bits per heavy atom. The van der Waals surface area contributed by atoms with Gasteiger partial charge in [-0.3, -0.25) is 0 Å². The van der Waals surface area contributed by atoms with Crippen LogP contribution in [0.3, 0.4) is 0 Å². The number of nitrogens with zero attached hydrogens (tertiary/aromatic N) is 1. The van der Waals surface area contributed by atoms with Gasteiger partial charge in [0.05, 0.1) is 10.2 Å². The van der Waals surface area contributed by atoms with Crippen LogP contribution in [0, 0.1) is 13.8 Å². The van der Waals surface area contributed by atoms with Gasteiger partial charge in [-0.1, -0.05) is 35.0 Å². The van der Waals surface area contributed by atoms with Crippen LogP contribution in [0.15, 0.2) is 39.6 Å². The van der Waals surface area contributed by atoms with Crippen molar-refractivity contribution in [3.05, 3.63) is 51.5 Å². The topological polar surface area (TPSA) is 12.9 Å². The molecule has 0 aliphatic rings. The lowest BCUT2D eigenvalue weighted by molar-refractivity contribution is 1.24. The number of rotatable bonds is 2. The van der Waals surface area contributed by atoms with Gasteiger partial charge in [0, 0.05) is 14.9 Å². The molecule has 0 atom stereocenters. The predicted molar refractivity (Wildman–Crippen MR) is 89.7 cm³/mol. The third-order valence-corrected chi connectivity index (χ3v) is 5.87. The zero-order valence-electron chi connectivity index (χ0n) is 10.9. The predicted octanol–water partition coefficient (Wildman–Crippen LogP) is 6.37. The zero-order valence-corrected chi connectivity index (χ0v) is 14.1. The van der Waals surface area contributed by atoms with Crippen molar-refractivity contribution in [2.24, 2.45) is 0 Å². The molecule has 0 saturated carbocycles. The molecule has 20 heavy (non-hydrogen) atoms. The van der Waals surface area contributed by atoms with Gasteiger partial charge in [0.25, 0.3) is 0 Å². The molecule has 3 aromatic rings. The Hall–Kier alpha value is -0.740. The average molecular weight is 340 g/mol. The van der Waals surface area contributed by atoms with Crippen LogP contribution in [-0.2, 0) is 0 Å². The van der Waals surface area contributed by atoms with Crippen LogP contribution in [0.5, 0.6) is 0 Å². The summed E-state index contributed by atoms with van der Waals surface area (Å²) < 4.78 is 2.13. The van der Waals surface area contributed by atoms with E-state index in [1.807, 2.05) is 31.2 Å². The van der Waals surface area contributed by atoms with E-state index in [-0.39, 0.29) is 0 Å². The monoisotopic (exact) mass is 339 g/mol. The van der Waals surface area contributed by atoms with Crippen molar-refractivity contribution in [1.82, 2.24) is 4.98 Å². The van der Waals surface area contributed by atoms with Crippen molar-refractivity contribution in [3.63, 3.8) is 0 Å². The minimum absolute atomic E-state index is 0.746. The van der Waals surface area contributed by atoms with E-state index in [4.69, 9.17) is 23.2 Å². The third kappa shape index (κ3) is 2.82. The first kappa shape index (κ1) is 14.2. The van der Waals surface area contributed by atoms with Gasteiger partial charge in [0.2, 0.25) is 0 Å². The highest BCUT2D eigenvalue weighted by atomic mass is 35.5. The molecule has 1 nitrogen and oxygen atoms in total. The molecule has 0 bridgehead atoms. The van der Waals surface area contributed by atoms with E-state index in [0.717, 1.165) is 30.2 Å². The second kappa shape index (κ2) is 5.57. The smallest absolute Gasteiger partial charge is 0.155 e. The summed E-state index contributed by atoms with van der Waals surface area (Å²) in [4.78, 5) is 5.82. The molecule has 0 radical (unpaired) electrons. The number of thiazole rings is 1. The molecular formula is C15H11Cl2NS2. The zero-order chi connectivity index (χ0) is 14.3. The maximum Gasteiger partial charge on any atom is 0.155 e. The van der Waals surface area contributed by atoms with E-state index in [9.17, 15) is 0 Å². The number of aromatic nitrogens is 1. The lowest BCUT2D eigenvalue weighted by atomic mass is 10.2. The van der Waals surface area contributed by atoms with Gasteiger partial charge >= 0.3 is 0 Å². The fourth-order valence-corrected chi connectivity index (χ4v) is 4.56. The van der Waals surface area contributed by atoms with Gasteiger partial charge in [-0.15, -0.1) is 11.3 Å². The average Bonchev–Trinajstić information content (AvgIpc) is 2.77. The van der Waals surface area contributed by atoms with Crippen molar-refractivity contribution in [1.29, 1.82) is 0 Å². The van der Waals surface area contributed by atoms with E-state index in [2.05, 4.69) is 18.0 Å². The molecule has 0 N–H and O–H groups in total. The van der Waals surface area contributed by atoms with Crippen LogP contribution in [0.2, 0.25) is 10.0 Å². The maximum absolute atomic E-state index is 6.13. The number of hydrogen-bond donors (Lipinski definition) is 0. The molecule has 0 amide bonds. The van der Waals surface area contributed by atoms with E-state index in [0.29, 0.717) is 0 Å². The quantitative estimate of drug-likeness (QED) is 0.537. The fourth-order valence-electron chi connectivity index (χ4n) is 1.88. The van der Waals surface area contributed by atoms with E-state index in [1.165, 1.54) is 10.5 Å². The highest BCUT2D eigenvalue weighted by molar-refractivity contribution is 8.01. The van der Waals surface area contributed by atoms with Crippen molar-refractivity contribution in [2.75, 3.05) is 0 Å². The molecule has 0 spiro atoms.